The summed E-state index contributed by atoms with van der Waals surface area (Å²) in [7, 11) is 0. The molecule has 0 aromatic carbocycles. The van der Waals surface area contributed by atoms with Gasteiger partial charge < -0.3 is 15.3 Å². The number of aliphatic hydroxyl groups excluding tert-OH is 1. The van der Waals surface area contributed by atoms with Gasteiger partial charge in [0.25, 0.3) is 5.91 Å². The van der Waals surface area contributed by atoms with Crippen LogP contribution in [0.4, 0.5) is 0 Å². The molecule has 0 aromatic heterocycles. The molecule has 0 radical (unpaired) electrons. The van der Waals surface area contributed by atoms with E-state index in [1.165, 1.54) is 0 Å². The summed E-state index contributed by atoms with van der Waals surface area (Å²) in [6.07, 6.45) is 1.40. The first-order valence-electron chi connectivity index (χ1n) is 5.31. The van der Waals surface area contributed by atoms with Gasteiger partial charge in [0, 0.05) is 25.0 Å². The van der Waals surface area contributed by atoms with Gasteiger partial charge in [0.2, 0.25) is 0 Å². The largest absolute Gasteiger partial charge is 0.384 e. The number of carbonyl (C=O) groups is 1. The Balaban J connectivity index is 1.97. The van der Waals surface area contributed by atoms with Crippen LogP contribution in [0.25, 0.3) is 0 Å². The molecule has 0 saturated carbocycles. The van der Waals surface area contributed by atoms with Gasteiger partial charge in [0.1, 0.15) is 6.10 Å². The number of hydrogen-bond donors (Lipinski definition) is 2. The maximum Gasteiger partial charge on any atom is 0.251 e. The summed E-state index contributed by atoms with van der Waals surface area (Å²) in [6, 6.07) is 0. The molecule has 4 nitrogen and oxygen atoms in total. The van der Waals surface area contributed by atoms with E-state index in [1.807, 2.05) is 0 Å². The third kappa shape index (κ3) is 1.64. The average molecular weight is 198 g/mol. The number of carbonyl (C=O) groups excluding carboxylic acids is 1. The lowest BCUT2D eigenvalue weighted by Gasteiger charge is -2.23. The Morgan fingerprint density at radius 3 is 2.93 bits per heavy atom. The third-order valence-corrected chi connectivity index (χ3v) is 3.44. The van der Waals surface area contributed by atoms with Crippen LogP contribution in [0.2, 0.25) is 0 Å². The van der Waals surface area contributed by atoms with Gasteiger partial charge in [-0.25, -0.2) is 0 Å². The average Bonchev–Trinajstić information content (AvgIpc) is 2.76. The number of aliphatic hydroxyl groups is 1. The Morgan fingerprint density at radius 1 is 1.57 bits per heavy atom. The van der Waals surface area contributed by atoms with E-state index in [2.05, 4.69) is 5.32 Å². The molecule has 2 N–H and O–H groups in total. The van der Waals surface area contributed by atoms with Crippen LogP contribution in [0, 0.1) is 5.41 Å². The van der Waals surface area contributed by atoms with Crippen LogP contribution in [-0.4, -0.2) is 48.2 Å². The van der Waals surface area contributed by atoms with Crippen molar-refractivity contribution in [3.63, 3.8) is 0 Å². The van der Waals surface area contributed by atoms with Crippen LogP contribution in [0.15, 0.2) is 0 Å². The molecule has 4 heteroatoms. The van der Waals surface area contributed by atoms with Crippen molar-refractivity contribution in [1.29, 1.82) is 0 Å². The lowest BCUT2D eigenvalue weighted by Crippen LogP contribution is -2.38. The SMILES string of the molecule is CC(O)C(=O)N1CCC2(CCNC2)C1. The Hall–Kier alpha value is -0.610. The highest BCUT2D eigenvalue weighted by molar-refractivity contribution is 5.80. The van der Waals surface area contributed by atoms with E-state index in [-0.39, 0.29) is 5.91 Å². The molecule has 2 aliphatic rings. The second kappa shape index (κ2) is 3.51. The monoisotopic (exact) mass is 198 g/mol. The highest BCUT2D eigenvalue weighted by Gasteiger charge is 2.42. The first-order valence-corrected chi connectivity index (χ1v) is 5.31. The van der Waals surface area contributed by atoms with E-state index < -0.39 is 6.10 Å². The molecule has 2 heterocycles. The van der Waals surface area contributed by atoms with Crippen LogP contribution in [0.3, 0.4) is 0 Å². The Kier molecular flexibility index (Phi) is 2.49. The zero-order valence-corrected chi connectivity index (χ0v) is 8.62. The van der Waals surface area contributed by atoms with Gasteiger partial charge in [-0.1, -0.05) is 0 Å². The minimum Gasteiger partial charge on any atom is -0.384 e. The minimum absolute atomic E-state index is 0.117. The van der Waals surface area contributed by atoms with Crippen molar-refractivity contribution in [2.45, 2.75) is 25.9 Å². The molecule has 2 rings (SSSR count). The fraction of sp³-hybridized carbons (Fsp3) is 0.900. The van der Waals surface area contributed by atoms with Gasteiger partial charge >= 0.3 is 0 Å². The van der Waals surface area contributed by atoms with Crippen molar-refractivity contribution in [3.05, 3.63) is 0 Å². The van der Waals surface area contributed by atoms with Gasteiger partial charge in [-0.3, -0.25) is 4.79 Å². The molecule has 2 unspecified atom stereocenters. The topological polar surface area (TPSA) is 52.6 Å². The number of nitrogens with one attached hydrogen (secondary N) is 1. The molecule has 1 spiro atoms. The number of nitrogens with zero attached hydrogens (tertiary/aromatic N) is 1. The molecule has 2 atom stereocenters. The first-order chi connectivity index (χ1) is 6.63. The van der Waals surface area contributed by atoms with E-state index in [9.17, 15) is 9.90 Å². The molecule has 1 amide bonds. The molecule has 80 valence electrons. The summed E-state index contributed by atoms with van der Waals surface area (Å²) < 4.78 is 0. The lowest BCUT2D eigenvalue weighted by molar-refractivity contribution is -0.138. The van der Waals surface area contributed by atoms with Crippen molar-refractivity contribution in [3.8, 4) is 0 Å². The molecule has 2 saturated heterocycles. The predicted octanol–water partition coefficient (Wildman–Crippen LogP) is -0.421. The van der Waals surface area contributed by atoms with Crippen LogP contribution >= 0.6 is 0 Å². The van der Waals surface area contributed by atoms with Crippen molar-refractivity contribution in [1.82, 2.24) is 10.2 Å². The molecule has 2 fully saturated rings. The number of amides is 1. The summed E-state index contributed by atoms with van der Waals surface area (Å²) in [5.41, 5.74) is 0.310. The summed E-state index contributed by atoms with van der Waals surface area (Å²) in [5, 5.41) is 12.5. The summed E-state index contributed by atoms with van der Waals surface area (Å²) >= 11 is 0. The van der Waals surface area contributed by atoms with Gasteiger partial charge in [0.05, 0.1) is 0 Å². The molecule has 2 aliphatic heterocycles. The minimum atomic E-state index is -0.848. The number of rotatable bonds is 1. The van der Waals surface area contributed by atoms with Gasteiger partial charge in [-0.2, -0.15) is 0 Å². The first kappa shape index (κ1) is 9.93. The van der Waals surface area contributed by atoms with Gasteiger partial charge in [-0.15, -0.1) is 0 Å². The van der Waals surface area contributed by atoms with Crippen molar-refractivity contribution in [2.24, 2.45) is 5.41 Å². The zero-order valence-electron chi connectivity index (χ0n) is 8.62. The lowest BCUT2D eigenvalue weighted by atomic mass is 9.86. The zero-order chi connectivity index (χ0) is 10.2. The highest BCUT2D eigenvalue weighted by atomic mass is 16.3. The molecular weight excluding hydrogens is 180 g/mol. The second-order valence-corrected chi connectivity index (χ2v) is 4.61. The van der Waals surface area contributed by atoms with E-state index in [0.29, 0.717) is 5.41 Å². The maximum absolute atomic E-state index is 11.5. The van der Waals surface area contributed by atoms with Crippen molar-refractivity contribution >= 4 is 5.91 Å². The van der Waals surface area contributed by atoms with E-state index >= 15 is 0 Å². The smallest absolute Gasteiger partial charge is 0.251 e. The fourth-order valence-corrected chi connectivity index (χ4v) is 2.53. The molecule has 0 aromatic rings. The van der Waals surface area contributed by atoms with Crippen LogP contribution < -0.4 is 5.32 Å². The highest BCUT2D eigenvalue weighted by Crippen LogP contribution is 2.36. The van der Waals surface area contributed by atoms with Crippen molar-refractivity contribution in [2.75, 3.05) is 26.2 Å². The quantitative estimate of drug-likeness (QED) is 0.601. The Bertz CT molecular complexity index is 234. The van der Waals surface area contributed by atoms with E-state index in [1.54, 1.807) is 11.8 Å². The standard InChI is InChI=1S/C10H18N2O2/c1-8(13)9(14)12-5-3-10(7-12)2-4-11-6-10/h8,11,13H,2-7H2,1H3. The Labute approximate surface area is 84.3 Å². The Morgan fingerprint density at radius 2 is 2.36 bits per heavy atom. The molecular formula is C10H18N2O2. The normalized spacial score (nSPS) is 34.0. The van der Waals surface area contributed by atoms with Crippen LogP contribution in [0.5, 0.6) is 0 Å². The van der Waals surface area contributed by atoms with E-state index in [4.69, 9.17) is 0 Å². The number of hydrogen-bond acceptors (Lipinski definition) is 3. The summed E-state index contributed by atoms with van der Waals surface area (Å²) in [5.74, 6) is -0.117. The molecule has 0 bridgehead atoms. The molecule has 14 heavy (non-hydrogen) atoms. The van der Waals surface area contributed by atoms with E-state index in [0.717, 1.165) is 39.0 Å². The van der Waals surface area contributed by atoms with Gasteiger partial charge in [0.15, 0.2) is 0 Å². The maximum atomic E-state index is 11.5. The molecule has 0 aliphatic carbocycles. The van der Waals surface area contributed by atoms with Gasteiger partial charge in [-0.05, 0) is 26.3 Å². The number of likely N-dealkylation sites (tertiary alicyclic amines) is 1. The second-order valence-electron chi connectivity index (χ2n) is 4.61. The predicted molar refractivity (Wildman–Crippen MR) is 52.8 cm³/mol. The summed E-state index contributed by atoms with van der Waals surface area (Å²) in [6.45, 7) is 5.27. The fourth-order valence-electron chi connectivity index (χ4n) is 2.53. The summed E-state index contributed by atoms with van der Waals surface area (Å²) in [4.78, 5) is 13.3. The van der Waals surface area contributed by atoms with Crippen molar-refractivity contribution < 1.29 is 9.90 Å². The third-order valence-electron chi connectivity index (χ3n) is 3.44. The van der Waals surface area contributed by atoms with Crippen LogP contribution in [-0.2, 0) is 4.79 Å². The van der Waals surface area contributed by atoms with Crippen LogP contribution in [0.1, 0.15) is 19.8 Å².